The Kier molecular flexibility index (Phi) is 2.95. The average molecular weight is 287 g/mol. The fourth-order valence-electron chi connectivity index (χ4n) is 2.19. The van der Waals surface area contributed by atoms with Crippen molar-refractivity contribution in [3.63, 3.8) is 0 Å². The summed E-state index contributed by atoms with van der Waals surface area (Å²) in [4.78, 5) is 18.8. The Hall–Kier alpha value is -2.33. The van der Waals surface area contributed by atoms with Crippen molar-refractivity contribution >= 4 is 22.5 Å². The monoisotopic (exact) mass is 286 g/mol. The van der Waals surface area contributed by atoms with Gasteiger partial charge in [0.1, 0.15) is 5.75 Å². The van der Waals surface area contributed by atoms with Gasteiger partial charge in [0.2, 0.25) is 0 Å². The van der Waals surface area contributed by atoms with Gasteiger partial charge in [-0.3, -0.25) is 9.78 Å². The molecule has 1 aromatic carbocycles. The Labute approximate surface area is 119 Å². The second-order valence-corrected chi connectivity index (χ2v) is 4.97. The first-order valence-corrected chi connectivity index (χ1v) is 6.41. The van der Waals surface area contributed by atoms with Crippen LogP contribution in [0.3, 0.4) is 0 Å². The van der Waals surface area contributed by atoms with Crippen molar-refractivity contribution in [2.24, 2.45) is 0 Å². The van der Waals surface area contributed by atoms with Crippen molar-refractivity contribution in [3.05, 3.63) is 57.6 Å². The number of aromatic amines is 1. The van der Waals surface area contributed by atoms with Crippen LogP contribution >= 0.6 is 11.6 Å². The van der Waals surface area contributed by atoms with Gasteiger partial charge in [-0.15, -0.1) is 0 Å². The third-order valence-corrected chi connectivity index (χ3v) is 3.64. The summed E-state index contributed by atoms with van der Waals surface area (Å²) in [5.74, 6) is -0.0466. The Bertz CT molecular complexity index is 857. The SMILES string of the molecule is Cc1cc2c(O)c(-c3ccncc3)c(=O)[nH]c2cc1Cl. The van der Waals surface area contributed by atoms with Crippen LogP contribution in [0.15, 0.2) is 41.5 Å². The number of hydrogen-bond acceptors (Lipinski definition) is 3. The van der Waals surface area contributed by atoms with E-state index in [1.807, 2.05) is 6.92 Å². The molecule has 4 nitrogen and oxygen atoms in total. The van der Waals surface area contributed by atoms with Crippen LogP contribution in [0.25, 0.3) is 22.0 Å². The van der Waals surface area contributed by atoms with E-state index in [0.29, 0.717) is 21.5 Å². The van der Waals surface area contributed by atoms with Crippen molar-refractivity contribution in [1.29, 1.82) is 0 Å². The number of benzene rings is 1. The summed E-state index contributed by atoms with van der Waals surface area (Å²) in [7, 11) is 0. The Morgan fingerprint density at radius 2 is 1.95 bits per heavy atom. The van der Waals surface area contributed by atoms with Gasteiger partial charge in [0.05, 0.1) is 11.1 Å². The molecule has 100 valence electrons. The summed E-state index contributed by atoms with van der Waals surface area (Å²) in [5.41, 5.74) is 1.85. The molecule has 0 amide bonds. The zero-order valence-corrected chi connectivity index (χ0v) is 11.4. The summed E-state index contributed by atoms with van der Waals surface area (Å²) < 4.78 is 0. The van der Waals surface area contributed by atoms with Gasteiger partial charge in [-0.2, -0.15) is 0 Å². The maximum absolute atomic E-state index is 12.2. The van der Waals surface area contributed by atoms with E-state index in [4.69, 9.17) is 11.6 Å². The predicted molar refractivity (Wildman–Crippen MR) is 79.2 cm³/mol. The van der Waals surface area contributed by atoms with E-state index in [1.165, 1.54) is 0 Å². The molecular formula is C15H11ClN2O2. The normalized spacial score (nSPS) is 10.9. The first kappa shape index (κ1) is 12.7. The highest BCUT2D eigenvalue weighted by molar-refractivity contribution is 6.32. The van der Waals surface area contributed by atoms with E-state index in [0.717, 1.165) is 5.56 Å². The second-order valence-electron chi connectivity index (χ2n) is 4.56. The van der Waals surface area contributed by atoms with Crippen LogP contribution in [0.4, 0.5) is 0 Å². The number of nitrogens with zero attached hydrogens (tertiary/aromatic N) is 1. The molecule has 0 bridgehead atoms. The zero-order chi connectivity index (χ0) is 14.3. The molecule has 0 atom stereocenters. The molecule has 0 aliphatic rings. The van der Waals surface area contributed by atoms with Crippen molar-refractivity contribution in [3.8, 4) is 16.9 Å². The number of nitrogens with one attached hydrogen (secondary N) is 1. The number of fused-ring (bicyclic) bond motifs is 1. The van der Waals surface area contributed by atoms with Crippen LogP contribution in [0.2, 0.25) is 5.02 Å². The lowest BCUT2D eigenvalue weighted by Gasteiger charge is -2.09. The molecule has 5 heteroatoms. The molecule has 0 spiro atoms. The van der Waals surface area contributed by atoms with E-state index < -0.39 is 0 Å². The summed E-state index contributed by atoms with van der Waals surface area (Å²) in [5, 5.41) is 11.5. The molecule has 3 aromatic rings. The highest BCUT2D eigenvalue weighted by Gasteiger charge is 2.14. The van der Waals surface area contributed by atoms with Crippen molar-refractivity contribution in [2.45, 2.75) is 6.92 Å². The number of aryl methyl sites for hydroxylation is 1. The minimum Gasteiger partial charge on any atom is -0.506 e. The van der Waals surface area contributed by atoms with Gasteiger partial charge in [-0.05, 0) is 42.3 Å². The van der Waals surface area contributed by atoms with Crippen LogP contribution in [0.1, 0.15) is 5.56 Å². The van der Waals surface area contributed by atoms with Crippen LogP contribution in [-0.2, 0) is 0 Å². The number of H-pyrrole nitrogens is 1. The van der Waals surface area contributed by atoms with Gasteiger partial charge in [-0.1, -0.05) is 11.6 Å². The maximum atomic E-state index is 12.2. The van der Waals surface area contributed by atoms with E-state index >= 15 is 0 Å². The first-order chi connectivity index (χ1) is 9.58. The number of aromatic hydroxyl groups is 1. The zero-order valence-electron chi connectivity index (χ0n) is 10.6. The minimum atomic E-state index is -0.360. The van der Waals surface area contributed by atoms with Crippen LogP contribution in [-0.4, -0.2) is 15.1 Å². The van der Waals surface area contributed by atoms with Crippen LogP contribution in [0.5, 0.6) is 5.75 Å². The lowest BCUT2D eigenvalue weighted by molar-refractivity contribution is 0.482. The number of rotatable bonds is 1. The smallest absolute Gasteiger partial charge is 0.260 e. The molecule has 2 heterocycles. The fourth-order valence-corrected chi connectivity index (χ4v) is 2.36. The van der Waals surface area contributed by atoms with E-state index in [2.05, 4.69) is 9.97 Å². The topological polar surface area (TPSA) is 66.0 Å². The summed E-state index contributed by atoms with van der Waals surface area (Å²) in [6.07, 6.45) is 3.15. The largest absolute Gasteiger partial charge is 0.506 e. The number of hydrogen-bond donors (Lipinski definition) is 2. The molecule has 2 N–H and O–H groups in total. The van der Waals surface area contributed by atoms with E-state index in [1.54, 1.807) is 36.7 Å². The van der Waals surface area contributed by atoms with Crippen LogP contribution < -0.4 is 5.56 Å². The summed E-state index contributed by atoms with van der Waals surface area (Å²) in [6.45, 7) is 1.85. The molecule has 0 radical (unpaired) electrons. The highest BCUT2D eigenvalue weighted by atomic mass is 35.5. The Morgan fingerprint density at radius 1 is 1.25 bits per heavy atom. The molecule has 0 unspecified atom stereocenters. The standard InChI is InChI=1S/C15H11ClN2O2/c1-8-6-10-12(7-11(8)16)18-15(20)13(14(10)19)9-2-4-17-5-3-9/h2-7H,1H3,(H2,18,19,20). The number of aromatic nitrogens is 2. The minimum absolute atomic E-state index is 0.0466. The average Bonchev–Trinajstić information content (AvgIpc) is 2.43. The molecule has 3 rings (SSSR count). The second kappa shape index (κ2) is 4.65. The fraction of sp³-hybridized carbons (Fsp3) is 0.0667. The van der Waals surface area contributed by atoms with Crippen molar-refractivity contribution in [2.75, 3.05) is 0 Å². The van der Waals surface area contributed by atoms with E-state index in [-0.39, 0.29) is 16.9 Å². The predicted octanol–water partition coefficient (Wildman–Crippen LogP) is 3.26. The third-order valence-electron chi connectivity index (χ3n) is 3.23. The molecule has 0 aliphatic heterocycles. The number of halogens is 1. The molecule has 0 aliphatic carbocycles. The van der Waals surface area contributed by atoms with Crippen LogP contribution in [0, 0.1) is 6.92 Å². The summed E-state index contributed by atoms with van der Waals surface area (Å²) >= 11 is 6.04. The van der Waals surface area contributed by atoms with Gasteiger partial charge >= 0.3 is 0 Å². The summed E-state index contributed by atoms with van der Waals surface area (Å²) in [6, 6.07) is 6.76. The Balaban J connectivity index is 2.41. The van der Waals surface area contributed by atoms with Gasteiger partial charge in [-0.25, -0.2) is 0 Å². The van der Waals surface area contributed by atoms with Crippen molar-refractivity contribution in [1.82, 2.24) is 9.97 Å². The van der Waals surface area contributed by atoms with E-state index in [9.17, 15) is 9.90 Å². The maximum Gasteiger partial charge on any atom is 0.260 e. The molecule has 0 saturated carbocycles. The molecular weight excluding hydrogens is 276 g/mol. The van der Waals surface area contributed by atoms with Gasteiger partial charge in [0.15, 0.2) is 0 Å². The lowest BCUT2D eigenvalue weighted by Crippen LogP contribution is -2.09. The molecule has 20 heavy (non-hydrogen) atoms. The quantitative estimate of drug-likeness (QED) is 0.721. The molecule has 0 saturated heterocycles. The highest BCUT2D eigenvalue weighted by Crippen LogP contribution is 2.33. The Morgan fingerprint density at radius 3 is 2.65 bits per heavy atom. The molecule has 0 fully saturated rings. The van der Waals surface area contributed by atoms with Gasteiger partial charge in [0.25, 0.3) is 5.56 Å². The van der Waals surface area contributed by atoms with Gasteiger partial charge in [0, 0.05) is 22.8 Å². The van der Waals surface area contributed by atoms with Crippen molar-refractivity contribution < 1.29 is 5.11 Å². The number of pyridine rings is 2. The molecule has 2 aromatic heterocycles. The van der Waals surface area contributed by atoms with Gasteiger partial charge < -0.3 is 10.1 Å². The first-order valence-electron chi connectivity index (χ1n) is 6.03. The lowest BCUT2D eigenvalue weighted by atomic mass is 10.0. The third kappa shape index (κ3) is 1.94.